The van der Waals surface area contributed by atoms with Gasteiger partial charge < -0.3 is 14.8 Å². The molecule has 34 heavy (non-hydrogen) atoms. The first-order valence-electron chi connectivity index (χ1n) is 10.1. The Morgan fingerprint density at radius 1 is 1.03 bits per heavy atom. The molecule has 7 nitrogen and oxygen atoms in total. The third kappa shape index (κ3) is 5.26. The fourth-order valence-electron chi connectivity index (χ4n) is 3.19. The smallest absolute Gasteiger partial charge is 0.298 e. The molecular formula is C25H19FN2O5S. The summed E-state index contributed by atoms with van der Waals surface area (Å²) in [5, 5.41) is 2.23. The second-order valence-corrected chi connectivity index (χ2v) is 8.10. The first-order valence-corrected chi connectivity index (χ1v) is 11.0. The number of para-hydroxylation sites is 1. The highest BCUT2D eigenvalue weighted by molar-refractivity contribution is 8.19. The van der Waals surface area contributed by atoms with Gasteiger partial charge in [0.05, 0.1) is 17.7 Å². The van der Waals surface area contributed by atoms with E-state index >= 15 is 0 Å². The summed E-state index contributed by atoms with van der Waals surface area (Å²) in [5.41, 5.74) is 1.58. The molecule has 1 heterocycles. The van der Waals surface area contributed by atoms with Crippen LogP contribution in [0, 0.1) is 5.82 Å². The number of carbonyl (C=O) groups is 3. The van der Waals surface area contributed by atoms with Crippen molar-refractivity contribution in [2.24, 2.45) is 0 Å². The third-order valence-corrected chi connectivity index (χ3v) is 5.65. The normalized spacial score (nSPS) is 14.4. The molecule has 1 N–H and O–H groups in total. The topological polar surface area (TPSA) is 84.9 Å². The summed E-state index contributed by atoms with van der Waals surface area (Å²) in [6.45, 7) is -0.289. The van der Waals surface area contributed by atoms with Crippen LogP contribution in [0.5, 0.6) is 11.5 Å². The van der Waals surface area contributed by atoms with Crippen LogP contribution in [0.1, 0.15) is 5.56 Å². The van der Waals surface area contributed by atoms with Gasteiger partial charge in [-0.15, -0.1) is 0 Å². The molecule has 4 rings (SSSR count). The Morgan fingerprint density at radius 3 is 2.47 bits per heavy atom. The molecule has 3 aromatic carbocycles. The Balaban J connectivity index is 1.44. The van der Waals surface area contributed by atoms with Crippen LogP contribution in [0.3, 0.4) is 0 Å². The minimum atomic E-state index is -0.424. The van der Waals surface area contributed by atoms with Crippen LogP contribution >= 0.6 is 11.8 Å². The van der Waals surface area contributed by atoms with Gasteiger partial charge in [0.2, 0.25) is 0 Å². The highest BCUT2D eigenvalue weighted by Crippen LogP contribution is 2.36. The number of imide groups is 1. The molecule has 0 aliphatic carbocycles. The van der Waals surface area contributed by atoms with Gasteiger partial charge in [-0.3, -0.25) is 14.4 Å². The number of nitrogens with zero attached hydrogens (tertiary/aromatic N) is 1. The highest BCUT2D eigenvalue weighted by Gasteiger charge is 2.36. The minimum absolute atomic E-state index is 0.281. The van der Waals surface area contributed by atoms with E-state index in [4.69, 9.17) is 9.47 Å². The molecule has 0 saturated carbocycles. The lowest BCUT2D eigenvalue weighted by Crippen LogP contribution is -2.27. The van der Waals surface area contributed by atoms with Crippen molar-refractivity contribution in [3.05, 3.63) is 89.1 Å². The van der Waals surface area contributed by atoms with Crippen LogP contribution in [0.15, 0.2) is 77.7 Å². The van der Waals surface area contributed by atoms with Gasteiger partial charge in [-0.25, -0.2) is 9.29 Å². The van der Waals surface area contributed by atoms with Crippen LogP contribution in [0.25, 0.3) is 6.08 Å². The van der Waals surface area contributed by atoms with E-state index < -0.39 is 17.6 Å². The lowest BCUT2D eigenvalue weighted by atomic mass is 10.2. The molecule has 3 amide bonds. The summed E-state index contributed by atoms with van der Waals surface area (Å²) in [6.07, 6.45) is 1.60. The quantitative estimate of drug-likeness (QED) is 0.476. The van der Waals surface area contributed by atoms with Crippen molar-refractivity contribution in [2.75, 3.05) is 23.9 Å². The first kappa shape index (κ1) is 23.1. The Morgan fingerprint density at radius 2 is 1.76 bits per heavy atom. The zero-order valence-corrected chi connectivity index (χ0v) is 18.8. The van der Waals surface area contributed by atoms with E-state index in [1.807, 2.05) is 0 Å². The molecule has 1 aliphatic heterocycles. The number of rotatable bonds is 7. The van der Waals surface area contributed by atoms with Crippen LogP contribution in [-0.4, -0.2) is 30.8 Å². The number of hydrogen-bond donors (Lipinski definition) is 1. The Bertz CT molecular complexity index is 1260. The maximum Gasteiger partial charge on any atom is 0.298 e. The van der Waals surface area contributed by atoms with Crippen molar-refractivity contribution in [2.45, 2.75) is 0 Å². The van der Waals surface area contributed by atoms with E-state index in [-0.39, 0.29) is 16.8 Å². The molecule has 0 unspecified atom stereocenters. The largest absolute Gasteiger partial charge is 0.493 e. The SMILES string of the molecule is COc1cc(/C=C2/SC(=O)N(c3ccccc3)C2=O)ccc1OCC(=O)Nc1ccc(F)cc1. The molecule has 0 spiro atoms. The average Bonchev–Trinajstić information content (AvgIpc) is 3.12. The minimum Gasteiger partial charge on any atom is -0.493 e. The van der Waals surface area contributed by atoms with E-state index in [0.717, 1.165) is 16.7 Å². The molecular weight excluding hydrogens is 459 g/mol. The summed E-state index contributed by atoms with van der Waals surface area (Å²) in [5.74, 6) is -0.550. The van der Waals surface area contributed by atoms with Gasteiger partial charge in [-0.2, -0.15) is 0 Å². The number of ether oxygens (including phenoxy) is 2. The molecule has 1 aliphatic rings. The standard InChI is InChI=1S/C25H19FN2O5S/c1-32-21-13-16(14-22-24(30)28(25(31)34-22)19-5-3-2-4-6-19)7-12-20(21)33-15-23(29)27-18-10-8-17(26)9-11-18/h2-14H,15H2,1H3,(H,27,29)/b22-14+. The predicted octanol–water partition coefficient (Wildman–Crippen LogP) is 5.09. The maximum absolute atomic E-state index is 13.0. The molecule has 1 fully saturated rings. The first-order chi connectivity index (χ1) is 16.4. The Kier molecular flexibility index (Phi) is 6.93. The van der Waals surface area contributed by atoms with Gasteiger partial charge in [0.1, 0.15) is 5.82 Å². The lowest BCUT2D eigenvalue weighted by Gasteiger charge is -2.12. The van der Waals surface area contributed by atoms with Gasteiger partial charge in [-0.05, 0) is 71.9 Å². The molecule has 0 radical (unpaired) electrons. The second-order valence-electron chi connectivity index (χ2n) is 7.11. The predicted molar refractivity (Wildman–Crippen MR) is 128 cm³/mol. The van der Waals surface area contributed by atoms with Crippen LogP contribution in [-0.2, 0) is 9.59 Å². The fraction of sp³-hybridized carbons (Fsp3) is 0.0800. The lowest BCUT2D eigenvalue weighted by molar-refractivity contribution is -0.118. The van der Waals surface area contributed by atoms with Crippen molar-refractivity contribution in [3.8, 4) is 11.5 Å². The Labute approximate surface area is 199 Å². The zero-order valence-electron chi connectivity index (χ0n) is 18.0. The average molecular weight is 479 g/mol. The van der Waals surface area contributed by atoms with Crippen molar-refractivity contribution >= 4 is 46.3 Å². The molecule has 1 saturated heterocycles. The van der Waals surface area contributed by atoms with Crippen molar-refractivity contribution < 1.29 is 28.2 Å². The summed E-state index contributed by atoms with van der Waals surface area (Å²) in [7, 11) is 1.45. The molecule has 172 valence electrons. The second kappa shape index (κ2) is 10.2. The number of methoxy groups -OCH3 is 1. The summed E-state index contributed by atoms with van der Waals surface area (Å²) >= 11 is 0.855. The molecule has 0 atom stereocenters. The summed E-state index contributed by atoms with van der Waals surface area (Å²) in [6, 6.07) is 19.0. The zero-order chi connectivity index (χ0) is 24.1. The van der Waals surface area contributed by atoms with Gasteiger partial charge in [-0.1, -0.05) is 24.3 Å². The van der Waals surface area contributed by atoms with Crippen LogP contribution < -0.4 is 19.7 Å². The molecule has 0 aromatic heterocycles. The van der Waals surface area contributed by atoms with Crippen molar-refractivity contribution in [3.63, 3.8) is 0 Å². The highest BCUT2D eigenvalue weighted by atomic mass is 32.2. The summed E-state index contributed by atoms with van der Waals surface area (Å²) < 4.78 is 23.9. The van der Waals surface area contributed by atoms with E-state index in [1.165, 1.54) is 31.4 Å². The number of nitrogens with one attached hydrogen (secondary N) is 1. The number of anilines is 2. The van der Waals surface area contributed by atoms with Crippen LogP contribution in [0.4, 0.5) is 20.6 Å². The van der Waals surface area contributed by atoms with E-state index in [9.17, 15) is 18.8 Å². The van der Waals surface area contributed by atoms with Gasteiger partial charge in [0.15, 0.2) is 18.1 Å². The molecule has 0 bridgehead atoms. The Hall–Kier alpha value is -4.11. The monoisotopic (exact) mass is 478 g/mol. The number of amides is 3. The summed E-state index contributed by atoms with van der Waals surface area (Å²) in [4.78, 5) is 38.7. The number of halogens is 1. The fourth-order valence-corrected chi connectivity index (χ4v) is 4.03. The van der Waals surface area contributed by atoms with Crippen molar-refractivity contribution in [1.29, 1.82) is 0 Å². The van der Waals surface area contributed by atoms with E-state index in [0.29, 0.717) is 28.4 Å². The number of thioether (sulfide) groups is 1. The van der Waals surface area contributed by atoms with Gasteiger partial charge in [0, 0.05) is 5.69 Å². The number of carbonyl (C=O) groups excluding carboxylic acids is 3. The van der Waals surface area contributed by atoms with Crippen LogP contribution in [0.2, 0.25) is 0 Å². The van der Waals surface area contributed by atoms with Crippen molar-refractivity contribution in [1.82, 2.24) is 0 Å². The number of hydrogen-bond acceptors (Lipinski definition) is 6. The van der Waals surface area contributed by atoms with E-state index in [2.05, 4.69) is 5.32 Å². The number of benzene rings is 3. The molecule has 9 heteroatoms. The molecule has 3 aromatic rings. The third-order valence-electron chi connectivity index (χ3n) is 4.78. The maximum atomic E-state index is 13.0. The van der Waals surface area contributed by atoms with E-state index in [1.54, 1.807) is 54.6 Å². The van der Waals surface area contributed by atoms with Gasteiger partial charge >= 0.3 is 0 Å². The van der Waals surface area contributed by atoms with Gasteiger partial charge in [0.25, 0.3) is 17.1 Å².